The summed E-state index contributed by atoms with van der Waals surface area (Å²) < 4.78 is 0. The molecule has 3 aliphatic rings. The molecule has 1 fully saturated rings. The summed E-state index contributed by atoms with van der Waals surface area (Å²) in [6.07, 6.45) is 7.20. The third kappa shape index (κ3) is 2.01. The molecule has 2 heteroatoms. The van der Waals surface area contributed by atoms with Gasteiger partial charge in [0.2, 0.25) is 0 Å². The molecule has 0 radical (unpaired) electrons. The van der Waals surface area contributed by atoms with Crippen molar-refractivity contribution in [1.29, 1.82) is 0 Å². The SMILES string of the molecule is CC1=CC(=O)C=C2C1=N[C@H]1CC(C)(C)CC[C@@H]1C2(C)C. The van der Waals surface area contributed by atoms with Gasteiger partial charge in [-0.2, -0.15) is 0 Å². The number of hydrogen-bond acceptors (Lipinski definition) is 2. The van der Waals surface area contributed by atoms with Gasteiger partial charge in [0.1, 0.15) is 0 Å². The van der Waals surface area contributed by atoms with Crippen LogP contribution in [0.4, 0.5) is 0 Å². The number of aliphatic imine (C=N–C) groups is 1. The number of hydrogen-bond donors (Lipinski definition) is 0. The molecule has 0 unspecified atom stereocenters. The van der Waals surface area contributed by atoms with Crippen LogP contribution in [0, 0.1) is 16.7 Å². The fourth-order valence-corrected chi connectivity index (χ4v) is 4.30. The molecule has 3 rings (SSSR count). The lowest BCUT2D eigenvalue weighted by Gasteiger charge is -2.50. The maximum absolute atomic E-state index is 11.9. The highest BCUT2D eigenvalue weighted by Crippen LogP contribution is 2.53. The second kappa shape index (κ2) is 4.16. The number of fused-ring (bicyclic) bond motifs is 2. The van der Waals surface area contributed by atoms with E-state index in [0.717, 1.165) is 11.3 Å². The minimum Gasteiger partial charge on any atom is -0.290 e. The van der Waals surface area contributed by atoms with Gasteiger partial charge in [0.15, 0.2) is 5.78 Å². The van der Waals surface area contributed by atoms with Crippen molar-refractivity contribution in [3.63, 3.8) is 0 Å². The molecule has 108 valence electrons. The van der Waals surface area contributed by atoms with Crippen LogP contribution in [0.1, 0.15) is 53.9 Å². The largest absolute Gasteiger partial charge is 0.290 e. The Morgan fingerprint density at radius 1 is 1.20 bits per heavy atom. The number of ketones is 1. The first-order chi connectivity index (χ1) is 9.21. The highest BCUT2D eigenvalue weighted by Gasteiger charge is 2.48. The first-order valence-corrected chi connectivity index (χ1v) is 7.74. The average molecular weight is 271 g/mol. The van der Waals surface area contributed by atoms with Crippen LogP contribution in [0.15, 0.2) is 28.3 Å². The summed E-state index contributed by atoms with van der Waals surface area (Å²) in [5, 5.41) is 0. The van der Waals surface area contributed by atoms with Crippen molar-refractivity contribution in [3.8, 4) is 0 Å². The van der Waals surface area contributed by atoms with E-state index in [-0.39, 0.29) is 11.2 Å². The van der Waals surface area contributed by atoms with Crippen LogP contribution in [0.5, 0.6) is 0 Å². The molecule has 0 aromatic rings. The molecular formula is C18H25NO. The molecule has 2 nitrogen and oxygen atoms in total. The van der Waals surface area contributed by atoms with Gasteiger partial charge in [0, 0.05) is 0 Å². The Morgan fingerprint density at radius 2 is 1.90 bits per heavy atom. The Kier molecular flexibility index (Phi) is 2.87. The summed E-state index contributed by atoms with van der Waals surface area (Å²) in [4.78, 5) is 16.9. The summed E-state index contributed by atoms with van der Waals surface area (Å²) in [5.74, 6) is 0.698. The molecular weight excluding hydrogens is 246 g/mol. The van der Waals surface area contributed by atoms with Crippen LogP contribution in [-0.2, 0) is 4.79 Å². The van der Waals surface area contributed by atoms with Crippen molar-refractivity contribution < 1.29 is 4.79 Å². The molecule has 0 bridgehead atoms. The first-order valence-electron chi connectivity index (χ1n) is 7.74. The molecule has 2 aliphatic carbocycles. The molecule has 1 heterocycles. The summed E-state index contributed by atoms with van der Waals surface area (Å²) >= 11 is 0. The first kappa shape index (κ1) is 13.8. The molecule has 0 amide bonds. The Hall–Kier alpha value is -1.18. The molecule has 1 aliphatic heterocycles. The maximum Gasteiger partial charge on any atom is 0.179 e. The number of nitrogens with zero attached hydrogens (tertiary/aromatic N) is 1. The van der Waals surface area contributed by atoms with E-state index >= 15 is 0 Å². The smallest absolute Gasteiger partial charge is 0.179 e. The van der Waals surface area contributed by atoms with Crippen molar-refractivity contribution in [3.05, 3.63) is 23.3 Å². The van der Waals surface area contributed by atoms with Gasteiger partial charge in [-0.1, -0.05) is 27.7 Å². The van der Waals surface area contributed by atoms with E-state index in [1.54, 1.807) is 6.08 Å². The minimum atomic E-state index is 0.0590. The lowest BCUT2D eigenvalue weighted by molar-refractivity contribution is -0.110. The molecule has 0 aromatic carbocycles. The quantitative estimate of drug-likeness (QED) is 0.609. The third-order valence-corrected chi connectivity index (χ3v) is 5.55. The minimum absolute atomic E-state index is 0.0590. The van der Waals surface area contributed by atoms with Gasteiger partial charge >= 0.3 is 0 Å². The van der Waals surface area contributed by atoms with Crippen molar-refractivity contribution in [1.82, 2.24) is 0 Å². The fourth-order valence-electron chi connectivity index (χ4n) is 4.30. The van der Waals surface area contributed by atoms with Crippen molar-refractivity contribution >= 4 is 11.5 Å². The van der Waals surface area contributed by atoms with Gasteiger partial charge in [0.25, 0.3) is 0 Å². The van der Waals surface area contributed by atoms with E-state index in [1.807, 2.05) is 13.0 Å². The summed E-state index contributed by atoms with van der Waals surface area (Å²) in [5.41, 5.74) is 3.76. The van der Waals surface area contributed by atoms with Gasteiger partial charge in [0.05, 0.1) is 11.8 Å². The van der Waals surface area contributed by atoms with E-state index in [2.05, 4.69) is 27.7 Å². The highest BCUT2D eigenvalue weighted by atomic mass is 16.1. The van der Waals surface area contributed by atoms with Gasteiger partial charge in [-0.05, 0) is 66.2 Å². The predicted molar refractivity (Wildman–Crippen MR) is 83.0 cm³/mol. The summed E-state index contributed by atoms with van der Waals surface area (Å²) in [6, 6.07) is 0.414. The van der Waals surface area contributed by atoms with E-state index < -0.39 is 0 Å². The molecule has 0 spiro atoms. The van der Waals surface area contributed by atoms with Gasteiger partial charge in [-0.15, -0.1) is 0 Å². The normalized spacial score (nSPS) is 34.5. The summed E-state index contributed by atoms with van der Waals surface area (Å²) in [6.45, 7) is 11.3. The van der Waals surface area contributed by atoms with Gasteiger partial charge in [-0.3, -0.25) is 9.79 Å². The zero-order valence-corrected chi connectivity index (χ0v) is 13.3. The molecule has 0 saturated heterocycles. The van der Waals surface area contributed by atoms with Crippen LogP contribution in [0.3, 0.4) is 0 Å². The molecule has 0 aromatic heterocycles. The van der Waals surface area contributed by atoms with Crippen molar-refractivity contribution in [2.24, 2.45) is 21.7 Å². The topological polar surface area (TPSA) is 29.4 Å². The average Bonchev–Trinajstić information content (AvgIpc) is 2.29. The highest BCUT2D eigenvalue weighted by molar-refractivity contribution is 6.23. The van der Waals surface area contributed by atoms with Crippen LogP contribution in [-0.4, -0.2) is 17.5 Å². The van der Waals surface area contributed by atoms with Crippen LogP contribution in [0.2, 0.25) is 0 Å². The van der Waals surface area contributed by atoms with Crippen LogP contribution >= 0.6 is 0 Å². The lowest BCUT2D eigenvalue weighted by atomic mass is 9.57. The second-order valence-electron chi connectivity index (χ2n) is 8.07. The van der Waals surface area contributed by atoms with E-state index in [1.165, 1.54) is 24.8 Å². The van der Waals surface area contributed by atoms with Crippen LogP contribution in [0.25, 0.3) is 0 Å². The standard InChI is InChI=1S/C18H25NO/c1-11-8-12(20)9-14-16(11)19-15-10-17(2,3)7-6-13(15)18(14,4)5/h8-9,13,15H,6-7,10H2,1-5H3/t13-,15-/m0/s1. The lowest BCUT2D eigenvalue weighted by Crippen LogP contribution is -2.47. The molecule has 1 saturated carbocycles. The number of carbonyl (C=O) groups excluding carboxylic acids is 1. The van der Waals surface area contributed by atoms with Crippen molar-refractivity contribution in [2.45, 2.75) is 59.9 Å². The Balaban J connectivity index is 2.09. The number of rotatable bonds is 0. The summed E-state index contributed by atoms with van der Waals surface area (Å²) in [7, 11) is 0. The zero-order chi connectivity index (χ0) is 14.7. The number of allylic oxidation sites excluding steroid dienone is 4. The van der Waals surface area contributed by atoms with Gasteiger partial charge in [-0.25, -0.2) is 0 Å². The second-order valence-corrected chi connectivity index (χ2v) is 8.07. The van der Waals surface area contributed by atoms with E-state index in [4.69, 9.17) is 4.99 Å². The maximum atomic E-state index is 11.9. The monoisotopic (exact) mass is 271 g/mol. The molecule has 0 N–H and O–H groups in total. The van der Waals surface area contributed by atoms with Crippen LogP contribution < -0.4 is 0 Å². The third-order valence-electron chi connectivity index (χ3n) is 5.55. The Bertz CT molecular complexity index is 560. The van der Waals surface area contributed by atoms with Gasteiger partial charge < -0.3 is 0 Å². The van der Waals surface area contributed by atoms with Crippen molar-refractivity contribution in [2.75, 3.05) is 0 Å². The van der Waals surface area contributed by atoms with E-state index in [0.29, 0.717) is 17.4 Å². The fraction of sp³-hybridized carbons (Fsp3) is 0.667. The predicted octanol–water partition coefficient (Wildman–Crippen LogP) is 4.12. The Labute approximate surface area is 122 Å². The number of carbonyl (C=O) groups is 1. The molecule has 2 atom stereocenters. The zero-order valence-electron chi connectivity index (χ0n) is 13.3. The van der Waals surface area contributed by atoms with E-state index in [9.17, 15) is 4.79 Å². The molecule has 20 heavy (non-hydrogen) atoms. The Morgan fingerprint density at radius 3 is 2.60 bits per heavy atom.